The minimum Gasteiger partial charge on any atom is -0.468 e. The second kappa shape index (κ2) is 6.54. The number of rotatable bonds is 4. The summed E-state index contributed by atoms with van der Waals surface area (Å²) in [5.74, 6) is 2.34. The third kappa shape index (κ3) is 4.27. The van der Waals surface area contributed by atoms with Crippen molar-refractivity contribution in [3.8, 4) is 0 Å². The van der Waals surface area contributed by atoms with E-state index in [-0.39, 0.29) is 5.54 Å². The van der Waals surface area contributed by atoms with E-state index in [1.807, 2.05) is 6.26 Å². The van der Waals surface area contributed by atoms with Crippen molar-refractivity contribution in [1.82, 2.24) is 10.2 Å². The molecule has 1 aliphatic heterocycles. The molecule has 0 saturated carbocycles. The van der Waals surface area contributed by atoms with Crippen LogP contribution in [0.25, 0.3) is 0 Å². The molecule has 0 bridgehead atoms. The molecule has 0 amide bonds. The van der Waals surface area contributed by atoms with E-state index in [1.54, 1.807) is 0 Å². The highest BCUT2D eigenvalue weighted by Gasteiger charge is 2.26. The number of nitrogens with one attached hydrogen (secondary N) is 1. The van der Waals surface area contributed by atoms with Crippen LogP contribution in [0.3, 0.4) is 0 Å². The van der Waals surface area contributed by atoms with Crippen molar-refractivity contribution in [3.63, 3.8) is 0 Å². The van der Waals surface area contributed by atoms with Gasteiger partial charge in [0, 0.05) is 41.2 Å². The van der Waals surface area contributed by atoms with Gasteiger partial charge in [0.1, 0.15) is 5.76 Å². The zero-order valence-corrected chi connectivity index (χ0v) is 14.2. The average Bonchev–Trinajstić information content (AvgIpc) is 2.79. The van der Waals surface area contributed by atoms with Crippen molar-refractivity contribution in [2.75, 3.05) is 12.3 Å². The summed E-state index contributed by atoms with van der Waals surface area (Å²) in [5, 5.41) is 4.24. The van der Waals surface area contributed by atoms with Gasteiger partial charge in [-0.25, -0.2) is 0 Å². The Morgan fingerprint density at radius 2 is 2.15 bits per heavy atom. The SMILES string of the molecule is CC1SCCN(Cc2occc2CNC(C)(C)C)C1C. The Bertz CT molecular complexity index is 424. The molecule has 114 valence electrons. The summed E-state index contributed by atoms with van der Waals surface area (Å²) in [6.45, 7) is 14.2. The predicted molar refractivity (Wildman–Crippen MR) is 87.1 cm³/mol. The Kier molecular flexibility index (Phi) is 5.21. The quantitative estimate of drug-likeness (QED) is 0.920. The fourth-order valence-electron chi connectivity index (χ4n) is 2.43. The Balaban J connectivity index is 1.98. The Labute approximate surface area is 127 Å². The van der Waals surface area contributed by atoms with Crippen LogP contribution < -0.4 is 5.32 Å². The van der Waals surface area contributed by atoms with Gasteiger partial charge in [-0.2, -0.15) is 11.8 Å². The predicted octanol–water partition coefficient (Wildman–Crippen LogP) is 3.49. The van der Waals surface area contributed by atoms with Gasteiger partial charge >= 0.3 is 0 Å². The molecule has 0 spiro atoms. The summed E-state index contributed by atoms with van der Waals surface area (Å²) < 4.78 is 5.73. The number of thioether (sulfide) groups is 1. The fraction of sp³-hybridized carbons (Fsp3) is 0.750. The summed E-state index contributed by atoms with van der Waals surface area (Å²) >= 11 is 2.08. The van der Waals surface area contributed by atoms with E-state index in [9.17, 15) is 0 Å². The third-order valence-electron chi connectivity index (χ3n) is 4.01. The maximum absolute atomic E-state index is 5.73. The molecule has 4 heteroatoms. The molecular weight excluding hydrogens is 268 g/mol. The zero-order valence-electron chi connectivity index (χ0n) is 13.4. The standard InChI is InChI=1S/C16H28N2OS/c1-12-13(2)20-9-7-18(12)11-15-14(6-8-19-15)10-17-16(3,4)5/h6,8,12-13,17H,7,9-11H2,1-5H3. The highest BCUT2D eigenvalue weighted by molar-refractivity contribution is 8.00. The van der Waals surface area contributed by atoms with Gasteiger partial charge in [-0.15, -0.1) is 0 Å². The largest absolute Gasteiger partial charge is 0.468 e. The molecule has 1 aromatic heterocycles. The van der Waals surface area contributed by atoms with Crippen LogP contribution in [-0.2, 0) is 13.1 Å². The molecule has 0 radical (unpaired) electrons. The molecule has 0 aromatic carbocycles. The lowest BCUT2D eigenvalue weighted by atomic mass is 10.1. The molecule has 0 aliphatic carbocycles. The van der Waals surface area contributed by atoms with Crippen molar-refractivity contribution in [1.29, 1.82) is 0 Å². The van der Waals surface area contributed by atoms with Crippen molar-refractivity contribution in [2.45, 2.75) is 64.5 Å². The van der Waals surface area contributed by atoms with Gasteiger partial charge < -0.3 is 9.73 Å². The van der Waals surface area contributed by atoms with Crippen molar-refractivity contribution < 1.29 is 4.42 Å². The Morgan fingerprint density at radius 3 is 2.85 bits per heavy atom. The van der Waals surface area contributed by atoms with E-state index in [1.165, 1.54) is 11.3 Å². The van der Waals surface area contributed by atoms with Gasteiger partial charge in [0.25, 0.3) is 0 Å². The lowest BCUT2D eigenvalue weighted by Crippen LogP contribution is -2.44. The maximum Gasteiger partial charge on any atom is 0.122 e. The molecule has 3 nitrogen and oxygen atoms in total. The van der Waals surface area contributed by atoms with E-state index in [0.29, 0.717) is 11.3 Å². The van der Waals surface area contributed by atoms with Crippen LogP contribution in [0.2, 0.25) is 0 Å². The topological polar surface area (TPSA) is 28.4 Å². The molecule has 1 saturated heterocycles. The first-order valence-electron chi connectivity index (χ1n) is 7.53. The summed E-state index contributed by atoms with van der Waals surface area (Å²) in [4.78, 5) is 2.54. The second-order valence-electron chi connectivity index (χ2n) is 6.76. The Hall–Kier alpha value is -0.450. The van der Waals surface area contributed by atoms with Crippen LogP contribution >= 0.6 is 11.8 Å². The van der Waals surface area contributed by atoms with Gasteiger partial charge in [0.2, 0.25) is 0 Å². The average molecular weight is 296 g/mol. The molecule has 1 aromatic rings. The molecule has 1 N–H and O–H groups in total. The molecule has 2 atom stereocenters. The van der Waals surface area contributed by atoms with Crippen molar-refractivity contribution in [3.05, 3.63) is 23.7 Å². The first-order valence-corrected chi connectivity index (χ1v) is 8.57. The van der Waals surface area contributed by atoms with E-state index >= 15 is 0 Å². The van der Waals surface area contributed by atoms with Gasteiger partial charge in [-0.05, 0) is 33.8 Å². The monoisotopic (exact) mass is 296 g/mol. The lowest BCUT2D eigenvalue weighted by molar-refractivity contribution is 0.188. The fourth-order valence-corrected chi connectivity index (χ4v) is 3.59. The lowest BCUT2D eigenvalue weighted by Gasteiger charge is -2.37. The van der Waals surface area contributed by atoms with Gasteiger partial charge in [0.05, 0.1) is 12.8 Å². The van der Waals surface area contributed by atoms with Crippen LogP contribution in [0.5, 0.6) is 0 Å². The van der Waals surface area contributed by atoms with Crippen LogP contribution in [0.15, 0.2) is 16.7 Å². The van der Waals surface area contributed by atoms with Gasteiger partial charge in [-0.3, -0.25) is 4.90 Å². The van der Waals surface area contributed by atoms with Gasteiger partial charge in [-0.1, -0.05) is 6.92 Å². The van der Waals surface area contributed by atoms with E-state index in [2.05, 4.69) is 62.7 Å². The third-order valence-corrected chi connectivity index (χ3v) is 5.35. The number of nitrogens with zero attached hydrogens (tertiary/aromatic N) is 1. The zero-order chi connectivity index (χ0) is 14.8. The Morgan fingerprint density at radius 1 is 1.40 bits per heavy atom. The highest BCUT2D eigenvalue weighted by atomic mass is 32.2. The van der Waals surface area contributed by atoms with E-state index in [0.717, 1.165) is 25.4 Å². The van der Waals surface area contributed by atoms with Crippen molar-refractivity contribution >= 4 is 11.8 Å². The minimum atomic E-state index is 0.137. The number of hydrogen-bond acceptors (Lipinski definition) is 4. The first kappa shape index (κ1) is 15.9. The van der Waals surface area contributed by atoms with Crippen LogP contribution in [-0.4, -0.2) is 34.0 Å². The minimum absolute atomic E-state index is 0.137. The van der Waals surface area contributed by atoms with Crippen molar-refractivity contribution in [2.24, 2.45) is 0 Å². The highest BCUT2D eigenvalue weighted by Crippen LogP contribution is 2.26. The molecule has 2 heterocycles. The van der Waals surface area contributed by atoms with Crippen LogP contribution in [0.4, 0.5) is 0 Å². The molecule has 1 aliphatic rings. The summed E-state index contributed by atoms with van der Waals surface area (Å²) in [6.07, 6.45) is 1.82. The summed E-state index contributed by atoms with van der Waals surface area (Å²) in [5.41, 5.74) is 1.43. The molecular formula is C16H28N2OS. The second-order valence-corrected chi connectivity index (χ2v) is 8.24. The van der Waals surface area contributed by atoms with Gasteiger partial charge in [0.15, 0.2) is 0 Å². The van der Waals surface area contributed by atoms with Crippen LogP contribution in [0.1, 0.15) is 45.9 Å². The first-order chi connectivity index (χ1) is 9.37. The maximum atomic E-state index is 5.73. The molecule has 2 rings (SSSR count). The molecule has 20 heavy (non-hydrogen) atoms. The summed E-state index contributed by atoms with van der Waals surface area (Å²) in [6, 6.07) is 2.71. The number of hydrogen-bond donors (Lipinski definition) is 1. The smallest absolute Gasteiger partial charge is 0.122 e. The van der Waals surface area contributed by atoms with Crippen LogP contribution in [0, 0.1) is 0 Å². The normalized spacial score (nSPS) is 25.1. The molecule has 2 unspecified atom stereocenters. The number of furan rings is 1. The molecule has 1 fully saturated rings. The summed E-state index contributed by atoms with van der Waals surface area (Å²) in [7, 11) is 0. The van der Waals surface area contributed by atoms with E-state index in [4.69, 9.17) is 4.42 Å². The van der Waals surface area contributed by atoms with E-state index < -0.39 is 0 Å².